The van der Waals surface area contributed by atoms with Gasteiger partial charge in [-0.3, -0.25) is 4.90 Å². The van der Waals surface area contributed by atoms with Crippen LogP contribution in [0.2, 0.25) is 0 Å². The van der Waals surface area contributed by atoms with E-state index in [0.717, 1.165) is 50.5 Å². The molecule has 0 bridgehead atoms. The van der Waals surface area contributed by atoms with Gasteiger partial charge in [0.1, 0.15) is 5.82 Å². The fourth-order valence-corrected chi connectivity index (χ4v) is 3.52. The Morgan fingerprint density at radius 2 is 2.32 bits per heavy atom. The number of anilines is 2. The van der Waals surface area contributed by atoms with E-state index in [1.165, 1.54) is 16.9 Å². The first kappa shape index (κ1) is 15.2. The first-order chi connectivity index (χ1) is 10.8. The van der Waals surface area contributed by atoms with Gasteiger partial charge >= 0.3 is 0 Å². The van der Waals surface area contributed by atoms with E-state index in [2.05, 4.69) is 44.6 Å². The van der Waals surface area contributed by atoms with E-state index >= 15 is 0 Å². The molecule has 3 heterocycles. The van der Waals surface area contributed by atoms with Gasteiger partial charge in [-0.15, -0.1) is 11.3 Å². The molecule has 0 amide bonds. The van der Waals surface area contributed by atoms with Gasteiger partial charge in [0.15, 0.2) is 0 Å². The Balaban J connectivity index is 1.75. The molecule has 2 aromatic rings. The van der Waals surface area contributed by atoms with Crippen molar-refractivity contribution in [3.63, 3.8) is 0 Å². The predicted octanol–water partition coefficient (Wildman–Crippen LogP) is 2.89. The van der Waals surface area contributed by atoms with Gasteiger partial charge in [-0.25, -0.2) is 4.98 Å². The highest BCUT2D eigenvalue weighted by atomic mass is 32.1. The Morgan fingerprint density at radius 3 is 3.09 bits per heavy atom. The molecule has 0 aromatic carbocycles. The molecule has 0 unspecified atom stereocenters. The van der Waals surface area contributed by atoms with Crippen molar-refractivity contribution in [2.24, 2.45) is 0 Å². The minimum absolute atomic E-state index is 0.379. The summed E-state index contributed by atoms with van der Waals surface area (Å²) in [5.74, 6) is 1.30. The van der Waals surface area contributed by atoms with Crippen LogP contribution >= 0.6 is 11.3 Å². The minimum Gasteiger partial charge on any atom is -0.370 e. The van der Waals surface area contributed by atoms with Crippen LogP contribution in [0, 0.1) is 0 Å². The van der Waals surface area contributed by atoms with Crippen molar-refractivity contribution >= 4 is 23.1 Å². The van der Waals surface area contributed by atoms with Crippen molar-refractivity contribution < 1.29 is 0 Å². The lowest BCUT2D eigenvalue weighted by atomic mass is 10.1. The molecule has 1 aliphatic heterocycles. The third-order valence-electron chi connectivity index (χ3n) is 3.94. The summed E-state index contributed by atoms with van der Waals surface area (Å²) in [6, 6.07) is 4.31. The zero-order valence-electron chi connectivity index (χ0n) is 13.0. The molecular formula is C16H23N5S. The van der Waals surface area contributed by atoms with Gasteiger partial charge in [0.2, 0.25) is 5.95 Å². The fraction of sp³-hybridized carbons (Fsp3) is 0.500. The molecule has 0 atom stereocenters. The van der Waals surface area contributed by atoms with E-state index in [0.29, 0.717) is 5.95 Å². The number of nitrogens with zero attached hydrogens (tertiary/aromatic N) is 3. The summed E-state index contributed by atoms with van der Waals surface area (Å²) in [6.07, 6.45) is 3.24. The second-order valence-electron chi connectivity index (χ2n) is 5.68. The highest BCUT2D eigenvalue weighted by Crippen LogP contribution is 2.26. The maximum atomic E-state index is 5.86. The highest BCUT2D eigenvalue weighted by Gasteiger charge is 2.22. The van der Waals surface area contributed by atoms with Crippen molar-refractivity contribution in [1.29, 1.82) is 0 Å². The summed E-state index contributed by atoms with van der Waals surface area (Å²) in [4.78, 5) is 12.7. The Bertz CT molecular complexity index is 611. The Morgan fingerprint density at radius 1 is 1.41 bits per heavy atom. The third-order valence-corrected chi connectivity index (χ3v) is 4.80. The maximum Gasteiger partial charge on any atom is 0.222 e. The molecule has 3 N–H and O–H groups in total. The van der Waals surface area contributed by atoms with Crippen molar-refractivity contribution in [1.82, 2.24) is 14.9 Å². The topological polar surface area (TPSA) is 67.1 Å². The van der Waals surface area contributed by atoms with Crippen LogP contribution in [-0.4, -0.2) is 28.0 Å². The average Bonchev–Trinajstić information content (AvgIpc) is 3.01. The van der Waals surface area contributed by atoms with Crippen LogP contribution in [0.15, 0.2) is 17.5 Å². The van der Waals surface area contributed by atoms with Gasteiger partial charge in [0, 0.05) is 43.0 Å². The number of nitrogens with two attached hydrogens (primary N) is 1. The van der Waals surface area contributed by atoms with Crippen molar-refractivity contribution in [3.8, 4) is 0 Å². The SMILES string of the molecule is CCCCNc1nc(N)nc2c1CN(Cc1cccs1)CC2. The summed E-state index contributed by atoms with van der Waals surface area (Å²) in [5, 5.41) is 5.57. The number of fused-ring (bicyclic) bond motifs is 1. The lowest BCUT2D eigenvalue weighted by molar-refractivity contribution is 0.245. The van der Waals surface area contributed by atoms with E-state index < -0.39 is 0 Å². The summed E-state index contributed by atoms with van der Waals surface area (Å²) in [6.45, 7) is 6.03. The molecule has 0 spiro atoms. The summed E-state index contributed by atoms with van der Waals surface area (Å²) in [7, 11) is 0. The summed E-state index contributed by atoms with van der Waals surface area (Å²) in [5.41, 5.74) is 8.18. The van der Waals surface area contributed by atoms with Gasteiger partial charge in [-0.2, -0.15) is 4.98 Å². The normalized spacial score (nSPS) is 14.8. The number of aromatic nitrogens is 2. The molecule has 118 valence electrons. The van der Waals surface area contributed by atoms with Crippen molar-refractivity contribution in [2.75, 3.05) is 24.1 Å². The number of hydrogen-bond acceptors (Lipinski definition) is 6. The zero-order valence-corrected chi connectivity index (χ0v) is 13.8. The van der Waals surface area contributed by atoms with Gasteiger partial charge < -0.3 is 11.1 Å². The number of unbranched alkanes of at least 4 members (excludes halogenated alkanes) is 1. The smallest absolute Gasteiger partial charge is 0.222 e. The van der Waals surface area contributed by atoms with E-state index in [1.54, 1.807) is 0 Å². The Labute approximate surface area is 135 Å². The van der Waals surface area contributed by atoms with E-state index in [1.807, 2.05) is 11.3 Å². The van der Waals surface area contributed by atoms with Crippen LogP contribution < -0.4 is 11.1 Å². The predicted molar refractivity (Wildman–Crippen MR) is 92.0 cm³/mol. The van der Waals surface area contributed by atoms with Gasteiger partial charge in [-0.05, 0) is 17.9 Å². The molecule has 0 radical (unpaired) electrons. The number of rotatable bonds is 6. The molecule has 6 heteroatoms. The number of nitrogen functional groups attached to an aromatic ring is 1. The van der Waals surface area contributed by atoms with Gasteiger partial charge in [-0.1, -0.05) is 19.4 Å². The molecule has 1 aliphatic rings. The van der Waals surface area contributed by atoms with Crippen LogP contribution in [0.5, 0.6) is 0 Å². The number of thiophene rings is 1. The zero-order chi connectivity index (χ0) is 15.4. The summed E-state index contributed by atoms with van der Waals surface area (Å²) >= 11 is 1.81. The van der Waals surface area contributed by atoms with Crippen molar-refractivity contribution in [2.45, 2.75) is 39.3 Å². The molecule has 2 aromatic heterocycles. The first-order valence-electron chi connectivity index (χ1n) is 7.90. The lowest BCUT2D eigenvalue weighted by Gasteiger charge is -2.29. The van der Waals surface area contributed by atoms with Crippen molar-refractivity contribution in [3.05, 3.63) is 33.6 Å². The van der Waals surface area contributed by atoms with Gasteiger partial charge in [0.25, 0.3) is 0 Å². The second-order valence-corrected chi connectivity index (χ2v) is 6.71. The monoisotopic (exact) mass is 317 g/mol. The Kier molecular flexibility index (Phi) is 4.90. The number of nitrogens with one attached hydrogen (secondary N) is 1. The quantitative estimate of drug-likeness (QED) is 0.802. The van der Waals surface area contributed by atoms with E-state index in [9.17, 15) is 0 Å². The van der Waals surface area contributed by atoms with E-state index in [-0.39, 0.29) is 0 Å². The minimum atomic E-state index is 0.379. The first-order valence-corrected chi connectivity index (χ1v) is 8.78. The lowest BCUT2D eigenvalue weighted by Crippen LogP contribution is -2.31. The van der Waals surface area contributed by atoms with Crippen LogP contribution in [0.4, 0.5) is 11.8 Å². The molecule has 3 rings (SSSR count). The third kappa shape index (κ3) is 3.56. The molecule has 0 saturated heterocycles. The Hall–Kier alpha value is -1.66. The molecule has 22 heavy (non-hydrogen) atoms. The highest BCUT2D eigenvalue weighted by molar-refractivity contribution is 7.09. The summed E-state index contributed by atoms with van der Waals surface area (Å²) < 4.78 is 0. The van der Waals surface area contributed by atoms with Crippen LogP contribution in [0.3, 0.4) is 0 Å². The van der Waals surface area contributed by atoms with E-state index in [4.69, 9.17) is 5.73 Å². The van der Waals surface area contributed by atoms with Gasteiger partial charge in [0.05, 0.1) is 5.69 Å². The largest absolute Gasteiger partial charge is 0.370 e. The second kappa shape index (κ2) is 7.07. The molecule has 0 fully saturated rings. The fourth-order valence-electron chi connectivity index (χ4n) is 2.78. The van der Waals surface area contributed by atoms with Crippen LogP contribution in [0.1, 0.15) is 35.9 Å². The molecular weight excluding hydrogens is 294 g/mol. The molecule has 0 saturated carbocycles. The average molecular weight is 317 g/mol. The van der Waals surface area contributed by atoms with Crippen LogP contribution in [0.25, 0.3) is 0 Å². The molecule has 0 aliphatic carbocycles. The standard InChI is InChI=1S/C16H23N5S/c1-2-3-7-18-15-13-11-21(10-12-5-4-9-22-12)8-6-14(13)19-16(17)20-15/h4-5,9H,2-3,6-8,10-11H2,1H3,(H3,17,18,19,20). The molecule has 5 nitrogen and oxygen atoms in total. The maximum absolute atomic E-state index is 5.86. The number of hydrogen-bond donors (Lipinski definition) is 2. The van der Waals surface area contributed by atoms with Crippen LogP contribution in [-0.2, 0) is 19.5 Å².